The molecule has 0 aliphatic carbocycles. The molecule has 1 fully saturated rings. The lowest BCUT2D eigenvalue weighted by atomic mass is 10.0. The van der Waals surface area contributed by atoms with Gasteiger partial charge < -0.3 is 19.4 Å². The number of nitrogens with one attached hydrogen (secondary N) is 2. The van der Waals surface area contributed by atoms with Gasteiger partial charge in [-0.1, -0.05) is 6.07 Å². The van der Waals surface area contributed by atoms with E-state index in [0.717, 1.165) is 34.7 Å². The van der Waals surface area contributed by atoms with Crippen molar-refractivity contribution in [1.82, 2.24) is 10.3 Å². The predicted molar refractivity (Wildman–Crippen MR) is 148 cm³/mol. The van der Waals surface area contributed by atoms with Crippen LogP contribution in [0.5, 0.6) is 5.75 Å². The largest absolute Gasteiger partial charge is 0.494 e. The number of sulfonamides is 1. The zero-order valence-corrected chi connectivity index (χ0v) is 21.9. The number of ether oxygens (including phenoxy) is 1. The number of benzene rings is 2. The van der Waals surface area contributed by atoms with Crippen LogP contribution in [-0.4, -0.2) is 31.4 Å². The van der Waals surface area contributed by atoms with E-state index in [1.165, 1.54) is 0 Å². The Morgan fingerprint density at radius 2 is 1.81 bits per heavy atom. The SMILES string of the molecule is CCOc1ccc(-c2ccc([C@@H]3[C@H](c4ccccn4)NC(=S)N3c3ccc(NS(C)(=O)=O)cc3)o2)cc1. The molecule has 3 heterocycles. The van der Waals surface area contributed by atoms with Crippen LogP contribution in [-0.2, 0) is 10.0 Å². The van der Waals surface area contributed by atoms with E-state index in [1.54, 1.807) is 18.3 Å². The Balaban J connectivity index is 1.51. The topological polar surface area (TPSA) is 96.7 Å². The summed E-state index contributed by atoms with van der Waals surface area (Å²) in [7, 11) is -3.38. The fourth-order valence-electron chi connectivity index (χ4n) is 4.38. The molecule has 1 aliphatic rings. The summed E-state index contributed by atoms with van der Waals surface area (Å²) in [4.78, 5) is 6.54. The van der Waals surface area contributed by atoms with E-state index < -0.39 is 10.0 Å². The third-order valence-corrected chi connectivity index (χ3v) is 6.84. The van der Waals surface area contributed by atoms with Gasteiger partial charge in [0.05, 0.1) is 24.6 Å². The molecular weight excluding hydrogens is 508 g/mol. The highest BCUT2D eigenvalue weighted by Crippen LogP contribution is 2.43. The maximum Gasteiger partial charge on any atom is 0.229 e. The van der Waals surface area contributed by atoms with E-state index in [4.69, 9.17) is 21.4 Å². The summed E-state index contributed by atoms with van der Waals surface area (Å²) < 4.78 is 37.7. The molecule has 0 amide bonds. The van der Waals surface area contributed by atoms with Gasteiger partial charge >= 0.3 is 0 Å². The summed E-state index contributed by atoms with van der Waals surface area (Å²) in [6.07, 6.45) is 2.87. The molecule has 1 saturated heterocycles. The molecule has 10 heteroatoms. The molecule has 2 aromatic heterocycles. The Bertz CT molecular complexity index is 1490. The van der Waals surface area contributed by atoms with E-state index in [-0.39, 0.29) is 12.1 Å². The summed E-state index contributed by atoms with van der Waals surface area (Å²) in [6.45, 7) is 2.56. The minimum atomic E-state index is -3.38. The number of nitrogens with zero attached hydrogens (tertiary/aromatic N) is 2. The maximum absolute atomic E-state index is 11.6. The third-order valence-electron chi connectivity index (χ3n) is 5.91. The monoisotopic (exact) mass is 534 g/mol. The first kappa shape index (κ1) is 24.8. The van der Waals surface area contributed by atoms with Crippen molar-refractivity contribution in [3.63, 3.8) is 0 Å². The first-order valence-corrected chi connectivity index (χ1v) is 14.0. The summed E-state index contributed by atoms with van der Waals surface area (Å²) >= 11 is 5.76. The van der Waals surface area contributed by atoms with Crippen molar-refractivity contribution in [2.24, 2.45) is 0 Å². The molecule has 4 aromatic rings. The molecule has 0 spiro atoms. The average molecular weight is 535 g/mol. The Hall–Kier alpha value is -3.89. The highest BCUT2D eigenvalue weighted by molar-refractivity contribution is 7.92. The van der Waals surface area contributed by atoms with Crippen LogP contribution in [0.4, 0.5) is 11.4 Å². The van der Waals surface area contributed by atoms with E-state index in [2.05, 4.69) is 15.0 Å². The Morgan fingerprint density at radius 1 is 1.05 bits per heavy atom. The van der Waals surface area contributed by atoms with Gasteiger partial charge in [-0.2, -0.15) is 0 Å². The molecule has 0 unspecified atom stereocenters. The Kier molecular flexibility index (Phi) is 6.86. The molecule has 37 heavy (non-hydrogen) atoms. The van der Waals surface area contributed by atoms with Gasteiger partial charge in [-0.05, 0) is 91.9 Å². The highest BCUT2D eigenvalue weighted by atomic mass is 32.2. The van der Waals surface area contributed by atoms with Gasteiger partial charge in [0.2, 0.25) is 10.0 Å². The Labute approximate surface area is 221 Å². The van der Waals surface area contributed by atoms with Crippen LogP contribution in [0.3, 0.4) is 0 Å². The number of furan rings is 1. The van der Waals surface area contributed by atoms with Crippen LogP contribution in [0.15, 0.2) is 89.5 Å². The van der Waals surface area contributed by atoms with Gasteiger partial charge in [-0.25, -0.2) is 8.42 Å². The second kappa shape index (κ2) is 10.2. The molecule has 0 bridgehead atoms. The molecule has 0 radical (unpaired) electrons. The zero-order valence-electron chi connectivity index (χ0n) is 20.3. The second-order valence-electron chi connectivity index (χ2n) is 8.58. The van der Waals surface area contributed by atoms with Crippen molar-refractivity contribution in [3.05, 3.63) is 96.5 Å². The van der Waals surface area contributed by atoms with E-state index >= 15 is 0 Å². The maximum atomic E-state index is 11.6. The third kappa shape index (κ3) is 5.45. The number of pyridine rings is 1. The zero-order chi connectivity index (χ0) is 26.0. The van der Waals surface area contributed by atoms with Crippen molar-refractivity contribution < 1.29 is 17.6 Å². The van der Waals surface area contributed by atoms with E-state index in [1.807, 2.05) is 78.6 Å². The summed E-state index contributed by atoms with van der Waals surface area (Å²) in [5.74, 6) is 2.24. The quantitative estimate of drug-likeness (QED) is 0.295. The average Bonchev–Trinajstić information content (AvgIpc) is 3.50. The van der Waals surface area contributed by atoms with Crippen molar-refractivity contribution in [3.8, 4) is 17.1 Å². The molecule has 0 saturated carbocycles. The molecule has 5 rings (SSSR count). The number of hydrogen-bond acceptors (Lipinski definition) is 6. The molecule has 2 N–H and O–H groups in total. The molecule has 190 valence electrons. The number of anilines is 2. The Morgan fingerprint density at radius 3 is 2.46 bits per heavy atom. The number of hydrogen-bond donors (Lipinski definition) is 2. The van der Waals surface area contributed by atoms with Gasteiger partial charge in [0.1, 0.15) is 23.3 Å². The lowest BCUT2D eigenvalue weighted by Gasteiger charge is -2.26. The molecule has 1 aliphatic heterocycles. The standard InChI is InChI=1S/C27H26N4O4S2/c1-3-34-21-13-7-18(8-14-21)23-15-16-24(35-23)26-25(22-6-4-5-17-28-22)29-27(36)31(26)20-11-9-19(10-12-20)30-37(2,32)33/h4-17,25-26,30H,3H2,1-2H3,(H,29,36)/t25-,26+/m0/s1. The fourth-order valence-corrected chi connectivity index (χ4v) is 5.29. The van der Waals surface area contributed by atoms with Crippen LogP contribution < -0.4 is 19.7 Å². The van der Waals surface area contributed by atoms with Gasteiger partial charge in [0.15, 0.2) is 5.11 Å². The summed E-state index contributed by atoms with van der Waals surface area (Å²) in [5.41, 5.74) is 3.02. The molecular formula is C27H26N4O4S2. The van der Waals surface area contributed by atoms with Crippen LogP contribution in [0.25, 0.3) is 11.3 Å². The van der Waals surface area contributed by atoms with Crippen LogP contribution in [0, 0.1) is 0 Å². The van der Waals surface area contributed by atoms with Crippen LogP contribution in [0.2, 0.25) is 0 Å². The van der Waals surface area contributed by atoms with Crippen molar-refractivity contribution in [2.75, 3.05) is 22.5 Å². The van der Waals surface area contributed by atoms with Crippen LogP contribution >= 0.6 is 12.2 Å². The van der Waals surface area contributed by atoms with Crippen LogP contribution in [0.1, 0.15) is 30.5 Å². The van der Waals surface area contributed by atoms with Crippen molar-refractivity contribution in [2.45, 2.75) is 19.0 Å². The smallest absolute Gasteiger partial charge is 0.229 e. The number of aromatic nitrogens is 1. The minimum absolute atomic E-state index is 0.262. The van der Waals surface area contributed by atoms with Crippen molar-refractivity contribution >= 4 is 38.7 Å². The van der Waals surface area contributed by atoms with Crippen molar-refractivity contribution in [1.29, 1.82) is 0 Å². The lowest BCUT2D eigenvalue weighted by molar-refractivity contribution is 0.340. The summed E-state index contributed by atoms with van der Waals surface area (Å²) in [6, 6.07) is 23.9. The van der Waals surface area contributed by atoms with Gasteiger partial charge in [0, 0.05) is 23.1 Å². The molecule has 2 atom stereocenters. The molecule has 8 nitrogen and oxygen atoms in total. The van der Waals surface area contributed by atoms with E-state index in [0.29, 0.717) is 23.2 Å². The summed E-state index contributed by atoms with van der Waals surface area (Å²) in [5, 5.41) is 3.91. The lowest BCUT2D eigenvalue weighted by Crippen LogP contribution is -2.29. The van der Waals surface area contributed by atoms with E-state index in [9.17, 15) is 8.42 Å². The minimum Gasteiger partial charge on any atom is -0.494 e. The molecule has 2 aromatic carbocycles. The normalized spacial score (nSPS) is 17.5. The number of rotatable bonds is 8. The first-order chi connectivity index (χ1) is 17.8. The van der Waals surface area contributed by atoms with Gasteiger partial charge in [0.25, 0.3) is 0 Å². The second-order valence-corrected chi connectivity index (χ2v) is 10.7. The predicted octanol–water partition coefficient (Wildman–Crippen LogP) is 5.29. The number of thiocarbonyl (C=S) groups is 1. The van der Waals surface area contributed by atoms with Gasteiger partial charge in [-0.15, -0.1) is 0 Å². The van der Waals surface area contributed by atoms with Gasteiger partial charge in [-0.3, -0.25) is 9.71 Å². The highest BCUT2D eigenvalue weighted by Gasteiger charge is 2.42. The first-order valence-electron chi connectivity index (χ1n) is 11.7. The fraction of sp³-hybridized carbons (Fsp3) is 0.185.